The summed E-state index contributed by atoms with van der Waals surface area (Å²) in [7, 11) is 0. The Bertz CT molecular complexity index is 445. The highest BCUT2D eigenvalue weighted by molar-refractivity contribution is 5.36. The predicted octanol–water partition coefficient (Wildman–Crippen LogP) is 2.69. The van der Waals surface area contributed by atoms with E-state index in [0.717, 1.165) is 13.1 Å². The molecule has 0 amide bonds. The van der Waals surface area contributed by atoms with Gasteiger partial charge in [-0.1, -0.05) is 6.92 Å². The Morgan fingerprint density at radius 3 is 2.25 bits per heavy atom. The Hall–Kier alpha value is -1.59. The zero-order valence-electron chi connectivity index (χ0n) is 12.9. The van der Waals surface area contributed by atoms with E-state index in [2.05, 4.69) is 32.5 Å². The van der Waals surface area contributed by atoms with Gasteiger partial charge in [-0.05, 0) is 45.4 Å². The van der Waals surface area contributed by atoms with E-state index in [0.29, 0.717) is 23.3 Å². The molecule has 1 aromatic rings. The second-order valence-corrected chi connectivity index (χ2v) is 5.67. The van der Waals surface area contributed by atoms with Crippen molar-refractivity contribution < 1.29 is 4.74 Å². The van der Waals surface area contributed by atoms with Gasteiger partial charge in [0.2, 0.25) is 11.9 Å². The van der Waals surface area contributed by atoms with Crippen molar-refractivity contribution in [1.29, 1.82) is 0 Å². The minimum absolute atomic E-state index is 0.0464. The number of hydrogen-bond donors (Lipinski definition) is 2. The van der Waals surface area contributed by atoms with Crippen molar-refractivity contribution in [3.05, 3.63) is 0 Å². The van der Waals surface area contributed by atoms with Gasteiger partial charge in [-0.3, -0.25) is 0 Å². The van der Waals surface area contributed by atoms with Crippen molar-refractivity contribution in [1.82, 2.24) is 15.0 Å². The predicted molar refractivity (Wildman–Crippen MR) is 80.2 cm³/mol. The molecule has 0 atom stereocenters. The Morgan fingerprint density at radius 1 is 1.10 bits per heavy atom. The van der Waals surface area contributed by atoms with Gasteiger partial charge in [0.1, 0.15) is 0 Å². The molecule has 20 heavy (non-hydrogen) atoms. The van der Waals surface area contributed by atoms with E-state index in [4.69, 9.17) is 4.74 Å². The largest absolute Gasteiger partial charge is 0.461 e. The van der Waals surface area contributed by atoms with E-state index >= 15 is 0 Å². The lowest BCUT2D eigenvalue weighted by molar-refractivity contribution is 0.222. The first-order chi connectivity index (χ1) is 9.57. The van der Waals surface area contributed by atoms with Crippen LogP contribution in [0.5, 0.6) is 6.01 Å². The van der Waals surface area contributed by atoms with E-state index in [1.165, 1.54) is 19.3 Å². The summed E-state index contributed by atoms with van der Waals surface area (Å²) in [6.07, 6.45) is 3.82. The molecule has 1 aromatic heterocycles. The van der Waals surface area contributed by atoms with Crippen LogP contribution in [0.3, 0.4) is 0 Å². The smallest absolute Gasteiger partial charge is 0.323 e. The molecule has 0 aromatic carbocycles. The summed E-state index contributed by atoms with van der Waals surface area (Å²) in [5.74, 6) is 1.15. The van der Waals surface area contributed by atoms with E-state index in [1.807, 2.05) is 20.8 Å². The molecule has 0 spiro atoms. The van der Waals surface area contributed by atoms with Crippen LogP contribution in [0.15, 0.2) is 0 Å². The molecule has 0 unspecified atom stereocenters. The molecule has 6 heteroatoms. The van der Waals surface area contributed by atoms with E-state index in [9.17, 15) is 0 Å². The third-order valence-corrected chi connectivity index (χ3v) is 3.62. The van der Waals surface area contributed by atoms with Crippen molar-refractivity contribution >= 4 is 11.9 Å². The first-order valence-corrected chi connectivity index (χ1v) is 7.47. The van der Waals surface area contributed by atoms with Gasteiger partial charge in [-0.2, -0.15) is 15.0 Å². The molecule has 112 valence electrons. The van der Waals surface area contributed by atoms with Gasteiger partial charge in [-0.15, -0.1) is 0 Å². The molecule has 1 aliphatic carbocycles. The lowest BCUT2D eigenvalue weighted by Crippen LogP contribution is -2.18. The number of nitrogens with one attached hydrogen (secondary N) is 2. The molecule has 2 rings (SSSR count). The Kier molecular flexibility index (Phi) is 4.62. The fourth-order valence-corrected chi connectivity index (χ4v) is 2.03. The second kappa shape index (κ2) is 6.24. The van der Waals surface area contributed by atoms with Crippen LogP contribution in [0.4, 0.5) is 11.9 Å². The average Bonchev–Trinajstić information content (AvgIpc) is 3.16. The summed E-state index contributed by atoms with van der Waals surface area (Å²) in [4.78, 5) is 12.9. The number of rotatable bonds is 8. The SMILES string of the molecule is CCNc1nc(NCC2(CC)CC2)nc(OC(C)C)n1. The van der Waals surface area contributed by atoms with Crippen LogP contribution in [0, 0.1) is 5.41 Å². The first-order valence-electron chi connectivity index (χ1n) is 7.47. The maximum absolute atomic E-state index is 5.57. The molecule has 0 saturated heterocycles. The van der Waals surface area contributed by atoms with Gasteiger partial charge < -0.3 is 15.4 Å². The molecule has 1 aliphatic rings. The summed E-state index contributed by atoms with van der Waals surface area (Å²) in [5, 5.41) is 6.43. The van der Waals surface area contributed by atoms with Crippen LogP contribution in [-0.2, 0) is 0 Å². The average molecular weight is 279 g/mol. The number of hydrogen-bond acceptors (Lipinski definition) is 6. The summed E-state index contributed by atoms with van der Waals surface area (Å²) in [5.41, 5.74) is 0.448. The van der Waals surface area contributed by atoms with Gasteiger partial charge in [0.25, 0.3) is 0 Å². The molecule has 0 radical (unpaired) electrons. The number of aromatic nitrogens is 3. The molecule has 1 saturated carbocycles. The summed E-state index contributed by atoms with van der Waals surface area (Å²) in [6, 6.07) is 0.370. The van der Waals surface area contributed by atoms with E-state index < -0.39 is 0 Å². The third kappa shape index (κ3) is 3.95. The molecule has 1 fully saturated rings. The van der Waals surface area contributed by atoms with Crippen molar-refractivity contribution in [2.75, 3.05) is 23.7 Å². The maximum Gasteiger partial charge on any atom is 0.323 e. The molecule has 1 heterocycles. The zero-order valence-corrected chi connectivity index (χ0v) is 12.9. The Balaban J connectivity index is 2.07. The number of nitrogens with zero attached hydrogens (tertiary/aromatic N) is 3. The molecule has 2 N–H and O–H groups in total. The first kappa shape index (κ1) is 14.8. The van der Waals surface area contributed by atoms with Crippen LogP contribution in [-0.4, -0.2) is 34.1 Å². The summed E-state index contributed by atoms with van der Waals surface area (Å²) >= 11 is 0. The monoisotopic (exact) mass is 279 g/mol. The minimum Gasteiger partial charge on any atom is -0.461 e. The highest BCUT2D eigenvalue weighted by Gasteiger charge is 2.40. The third-order valence-electron chi connectivity index (χ3n) is 3.62. The van der Waals surface area contributed by atoms with Crippen molar-refractivity contribution in [2.45, 2.75) is 53.1 Å². The van der Waals surface area contributed by atoms with Crippen molar-refractivity contribution in [3.63, 3.8) is 0 Å². The van der Waals surface area contributed by atoms with Gasteiger partial charge in [0, 0.05) is 13.1 Å². The number of anilines is 2. The maximum atomic E-state index is 5.57. The van der Waals surface area contributed by atoms with Crippen molar-refractivity contribution in [2.24, 2.45) is 5.41 Å². The van der Waals surface area contributed by atoms with Crippen LogP contribution >= 0.6 is 0 Å². The van der Waals surface area contributed by atoms with Crippen LogP contribution in [0.2, 0.25) is 0 Å². The van der Waals surface area contributed by atoms with E-state index in [-0.39, 0.29) is 6.10 Å². The fourth-order valence-electron chi connectivity index (χ4n) is 2.03. The Labute approximate surface area is 120 Å². The topological polar surface area (TPSA) is 72.0 Å². The standard InChI is InChI=1S/C14H25N5O/c1-5-14(7-8-14)9-16-12-17-11(15-6-2)18-13(19-12)20-10(3)4/h10H,5-9H2,1-4H3,(H2,15,16,17,18,19). The van der Waals surface area contributed by atoms with Crippen LogP contribution < -0.4 is 15.4 Å². The van der Waals surface area contributed by atoms with E-state index in [1.54, 1.807) is 0 Å². The van der Waals surface area contributed by atoms with Gasteiger partial charge in [-0.25, -0.2) is 0 Å². The molecule has 0 bridgehead atoms. The fraction of sp³-hybridized carbons (Fsp3) is 0.786. The minimum atomic E-state index is 0.0464. The van der Waals surface area contributed by atoms with Crippen LogP contribution in [0.1, 0.15) is 47.0 Å². The highest BCUT2D eigenvalue weighted by atomic mass is 16.5. The summed E-state index contributed by atoms with van der Waals surface area (Å²) in [6.45, 7) is 9.85. The lowest BCUT2D eigenvalue weighted by Gasteiger charge is -2.15. The molecule has 6 nitrogen and oxygen atoms in total. The quantitative estimate of drug-likeness (QED) is 0.762. The van der Waals surface area contributed by atoms with Crippen LogP contribution in [0.25, 0.3) is 0 Å². The second-order valence-electron chi connectivity index (χ2n) is 5.67. The lowest BCUT2D eigenvalue weighted by atomic mass is 10.0. The van der Waals surface area contributed by atoms with Gasteiger partial charge >= 0.3 is 6.01 Å². The van der Waals surface area contributed by atoms with Crippen molar-refractivity contribution in [3.8, 4) is 6.01 Å². The normalized spacial score (nSPS) is 16.1. The highest BCUT2D eigenvalue weighted by Crippen LogP contribution is 2.48. The Morgan fingerprint density at radius 2 is 1.75 bits per heavy atom. The summed E-state index contributed by atoms with van der Waals surface area (Å²) < 4.78 is 5.57. The molecule has 0 aliphatic heterocycles. The number of ether oxygens (including phenoxy) is 1. The molecular weight excluding hydrogens is 254 g/mol. The van der Waals surface area contributed by atoms with Gasteiger partial charge in [0.15, 0.2) is 0 Å². The molecular formula is C14H25N5O. The zero-order chi connectivity index (χ0) is 14.6. The van der Waals surface area contributed by atoms with Gasteiger partial charge in [0.05, 0.1) is 6.10 Å².